The van der Waals surface area contributed by atoms with Gasteiger partial charge in [0.15, 0.2) is 0 Å². The van der Waals surface area contributed by atoms with Crippen molar-refractivity contribution in [3.05, 3.63) is 58.1 Å². The lowest BCUT2D eigenvalue weighted by Crippen LogP contribution is -2.30. The molecule has 0 atom stereocenters. The van der Waals surface area contributed by atoms with E-state index in [1.807, 2.05) is 26.0 Å². The summed E-state index contributed by atoms with van der Waals surface area (Å²) in [5, 5.41) is 0. The van der Waals surface area contributed by atoms with Gasteiger partial charge in [-0.3, -0.25) is 4.79 Å². The van der Waals surface area contributed by atoms with Crippen molar-refractivity contribution in [3.8, 4) is 0 Å². The minimum atomic E-state index is -3.49. The van der Waals surface area contributed by atoms with Crippen LogP contribution in [-0.4, -0.2) is 38.3 Å². The van der Waals surface area contributed by atoms with E-state index in [2.05, 4.69) is 15.9 Å². The Hall–Kier alpha value is -1.70. The first kappa shape index (κ1) is 19.1. The summed E-state index contributed by atoms with van der Waals surface area (Å²) in [6, 6.07) is 12.3. The van der Waals surface area contributed by atoms with Crippen molar-refractivity contribution in [2.75, 3.05) is 24.5 Å². The molecule has 0 saturated heterocycles. The van der Waals surface area contributed by atoms with Gasteiger partial charge in [-0.25, -0.2) is 8.42 Å². The fourth-order valence-corrected chi connectivity index (χ4v) is 5.15. The molecule has 0 aliphatic carbocycles. The standard InChI is InChI=1S/C19H21BrN2O3S/c1-3-21(4-2)26(24,25)17-8-9-18-14(13-17)10-11-22(18)19(23)15-6-5-7-16(20)12-15/h5-9,12-13H,3-4,10-11H2,1-2H3. The minimum Gasteiger partial charge on any atom is -0.308 e. The number of rotatable bonds is 5. The van der Waals surface area contributed by atoms with Gasteiger partial charge in [0.05, 0.1) is 4.90 Å². The van der Waals surface area contributed by atoms with Crippen LogP contribution in [0.25, 0.3) is 0 Å². The number of halogens is 1. The maximum absolute atomic E-state index is 12.8. The number of carbonyl (C=O) groups excluding carboxylic acids is 1. The lowest BCUT2D eigenvalue weighted by Gasteiger charge is -2.20. The molecule has 2 aromatic rings. The molecule has 1 amide bonds. The average Bonchev–Trinajstić information content (AvgIpc) is 3.05. The van der Waals surface area contributed by atoms with E-state index < -0.39 is 10.0 Å². The largest absolute Gasteiger partial charge is 0.308 e. The Morgan fingerprint density at radius 2 is 1.88 bits per heavy atom. The van der Waals surface area contributed by atoms with Gasteiger partial charge in [-0.05, 0) is 48.4 Å². The van der Waals surface area contributed by atoms with E-state index >= 15 is 0 Å². The monoisotopic (exact) mass is 436 g/mol. The summed E-state index contributed by atoms with van der Waals surface area (Å²) >= 11 is 3.39. The first-order chi connectivity index (χ1) is 12.4. The van der Waals surface area contributed by atoms with Gasteiger partial charge in [0, 0.05) is 35.4 Å². The van der Waals surface area contributed by atoms with Gasteiger partial charge in [0.25, 0.3) is 5.91 Å². The van der Waals surface area contributed by atoms with Gasteiger partial charge in [-0.1, -0.05) is 35.8 Å². The molecular formula is C19H21BrN2O3S. The molecular weight excluding hydrogens is 416 g/mol. The molecule has 1 aliphatic heterocycles. The molecule has 0 aromatic heterocycles. The molecule has 0 unspecified atom stereocenters. The quantitative estimate of drug-likeness (QED) is 0.717. The van der Waals surface area contributed by atoms with E-state index in [9.17, 15) is 13.2 Å². The Bertz CT molecular complexity index is 940. The van der Waals surface area contributed by atoms with Gasteiger partial charge >= 0.3 is 0 Å². The molecule has 0 radical (unpaired) electrons. The van der Waals surface area contributed by atoms with E-state index in [1.165, 1.54) is 4.31 Å². The Kier molecular flexibility index (Phi) is 5.50. The van der Waals surface area contributed by atoms with Gasteiger partial charge in [-0.2, -0.15) is 4.31 Å². The highest BCUT2D eigenvalue weighted by atomic mass is 79.9. The van der Waals surface area contributed by atoms with Crippen molar-refractivity contribution < 1.29 is 13.2 Å². The highest BCUT2D eigenvalue weighted by Crippen LogP contribution is 2.32. The van der Waals surface area contributed by atoms with Gasteiger partial charge in [0.2, 0.25) is 10.0 Å². The number of benzene rings is 2. The summed E-state index contributed by atoms with van der Waals surface area (Å²) in [5.74, 6) is -0.0793. The zero-order valence-electron chi connectivity index (χ0n) is 14.8. The fraction of sp³-hybridized carbons (Fsp3) is 0.316. The van der Waals surface area contributed by atoms with Crippen LogP contribution in [0.2, 0.25) is 0 Å². The molecule has 0 saturated carbocycles. The molecule has 2 aromatic carbocycles. The molecule has 0 fully saturated rings. The smallest absolute Gasteiger partial charge is 0.258 e. The average molecular weight is 437 g/mol. The van der Waals surface area contributed by atoms with Crippen LogP contribution in [0.5, 0.6) is 0 Å². The molecule has 26 heavy (non-hydrogen) atoms. The van der Waals surface area contributed by atoms with Crippen molar-refractivity contribution in [3.63, 3.8) is 0 Å². The second-order valence-corrected chi connectivity index (χ2v) is 8.95. The van der Waals surface area contributed by atoms with Gasteiger partial charge in [-0.15, -0.1) is 0 Å². The molecule has 1 heterocycles. The number of nitrogens with zero attached hydrogens (tertiary/aromatic N) is 2. The van der Waals surface area contributed by atoms with E-state index in [0.717, 1.165) is 15.7 Å². The van der Waals surface area contributed by atoms with Crippen LogP contribution >= 0.6 is 15.9 Å². The highest BCUT2D eigenvalue weighted by Gasteiger charge is 2.29. The lowest BCUT2D eigenvalue weighted by atomic mass is 10.1. The molecule has 0 bridgehead atoms. The van der Waals surface area contributed by atoms with Crippen LogP contribution < -0.4 is 4.90 Å². The van der Waals surface area contributed by atoms with Gasteiger partial charge in [0.1, 0.15) is 0 Å². The predicted octanol–water partition coefficient (Wildman–Crippen LogP) is 3.68. The van der Waals surface area contributed by atoms with Crippen LogP contribution in [0.4, 0.5) is 5.69 Å². The summed E-state index contributed by atoms with van der Waals surface area (Å²) in [4.78, 5) is 14.8. The Balaban J connectivity index is 1.93. The van der Waals surface area contributed by atoms with Crippen LogP contribution in [0.15, 0.2) is 51.8 Å². The molecule has 7 heteroatoms. The Morgan fingerprint density at radius 1 is 1.15 bits per heavy atom. The number of hydrogen-bond donors (Lipinski definition) is 0. The van der Waals surface area contributed by atoms with Crippen LogP contribution in [0.3, 0.4) is 0 Å². The number of anilines is 1. The summed E-state index contributed by atoms with van der Waals surface area (Å²) < 4.78 is 27.7. The number of sulfonamides is 1. The zero-order chi connectivity index (χ0) is 18.9. The van der Waals surface area contributed by atoms with Crippen LogP contribution in [0, 0.1) is 0 Å². The van der Waals surface area contributed by atoms with Crippen molar-refractivity contribution in [1.29, 1.82) is 0 Å². The third kappa shape index (κ3) is 3.43. The van der Waals surface area contributed by atoms with E-state index in [1.54, 1.807) is 35.2 Å². The molecule has 1 aliphatic rings. The van der Waals surface area contributed by atoms with Crippen molar-refractivity contribution >= 4 is 37.5 Å². The molecule has 138 valence electrons. The fourth-order valence-electron chi connectivity index (χ4n) is 3.24. The van der Waals surface area contributed by atoms with Crippen molar-refractivity contribution in [2.24, 2.45) is 0 Å². The van der Waals surface area contributed by atoms with Crippen molar-refractivity contribution in [2.45, 2.75) is 25.2 Å². The summed E-state index contributed by atoms with van der Waals surface area (Å²) in [5.41, 5.74) is 2.28. The molecule has 0 N–H and O–H groups in total. The number of amides is 1. The summed E-state index contributed by atoms with van der Waals surface area (Å²) in [6.07, 6.45) is 0.649. The molecule has 5 nitrogen and oxygen atoms in total. The number of hydrogen-bond acceptors (Lipinski definition) is 3. The second kappa shape index (κ2) is 7.50. The summed E-state index contributed by atoms with van der Waals surface area (Å²) in [6.45, 7) is 5.07. The Morgan fingerprint density at radius 3 is 2.54 bits per heavy atom. The van der Waals surface area contributed by atoms with Crippen LogP contribution in [0.1, 0.15) is 29.8 Å². The second-order valence-electron chi connectivity index (χ2n) is 6.10. The third-order valence-corrected chi connectivity index (χ3v) is 7.15. The van der Waals surface area contributed by atoms with E-state index in [-0.39, 0.29) is 10.8 Å². The number of fused-ring (bicyclic) bond motifs is 1. The first-order valence-corrected chi connectivity index (χ1v) is 10.8. The lowest BCUT2D eigenvalue weighted by molar-refractivity contribution is 0.0989. The van der Waals surface area contributed by atoms with Crippen molar-refractivity contribution in [1.82, 2.24) is 4.31 Å². The van der Waals surface area contributed by atoms with Gasteiger partial charge < -0.3 is 4.90 Å². The highest BCUT2D eigenvalue weighted by molar-refractivity contribution is 9.10. The first-order valence-electron chi connectivity index (χ1n) is 8.59. The zero-order valence-corrected chi connectivity index (χ0v) is 17.2. The maximum Gasteiger partial charge on any atom is 0.258 e. The normalized spacial score (nSPS) is 13.9. The van der Waals surface area contributed by atoms with E-state index in [4.69, 9.17) is 0 Å². The molecule has 0 spiro atoms. The minimum absolute atomic E-state index is 0.0793. The SMILES string of the molecule is CCN(CC)S(=O)(=O)c1ccc2c(c1)CCN2C(=O)c1cccc(Br)c1. The third-order valence-electron chi connectivity index (χ3n) is 4.61. The van der Waals surface area contributed by atoms with Crippen LogP contribution in [-0.2, 0) is 16.4 Å². The maximum atomic E-state index is 12.8. The summed E-state index contributed by atoms with van der Waals surface area (Å²) in [7, 11) is -3.49. The predicted molar refractivity (Wildman–Crippen MR) is 106 cm³/mol. The Labute approximate surface area is 162 Å². The topological polar surface area (TPSA) is 57.7 Å². The van der Waals surface area contributed by atoms with E-state index in [0.29, 0.717) is 31.6 Å². The number of carbonyl (C=O) groups is 1. The molecule has 3 rings (SSSR count).